The zero-order valence-corrected chi connectivity index (χ0v) is 17.6. The fourth-order valence-electron chi connectivity index (χ4n) is 1.73. The Balaban J connectivity index is 2.10. The van der Waals surface area contributed by atoms with Crippen molar-refractivity contribution < 1.29 is 4.43 Å². The summed E-state index contributed by atoms with van der Waals surface area (Å²) in [5.41, 5.74) is 2.04. The Hall–Kier alpha value is -1.25. The Morgan fingerprint density at radius 1 is 0.826 bits per heavy atom. The van der Waals surface area contributed by atoms with Crippen LogP contribution in [0.1, 0.15) is 31.9 Å². The highest BCUT2D eigenvalue weighted by molar-refractivity contribution is 14.1. The second-order valence-corrected chi connectivity index (χ2v) is 13.1. The number of hydrogen-bond acceptors (Lipinski definition) is 1. The van der Waals surface area contributed by atoms with E-state index in [2.05, 4.69) is 80.4 Å². The van der Waals surface area contributed by atoms with Crippen molar-refractivity contribution in [3.63, 3.8) is 0 Å². The van der Waals surface area contributed by atoms with E-state index in [1.165, 1.54) is 3.57 Å². The van der Waals surface area contributed by atoms with E-state index in [1.807, 2.05) is 36.4 Å². The molecule has 0 radical (unpaired) electrons. The lowest BCUT2D eigenvalue weighted by molar-refractivity contribution is 0.492. The summed E-state index contributed by atoms with van der Waals surface area (Å²) in [5, 5.41) is 0.205. The molecule has 0 aliphatic rings. The first-order valence-electron chi connectivity index (χ1n) is 7.74. The maximum Gasteiger partial charge on any atom is 0.250 e. The Labute approximate surface area is 154 Å². The van der Waals surface area contributed by atoms with Gasteiger partial charge in [0.2, 0.25) is 8.32 Å². The molecule has 0 spiro atoms. The van der Waals surface area contributed by atoms with Gasteiger partial charge in [-0.1, -0.05) is 32.6 Å². The van der Waals surface area contributed by atoms with Crippen LogP contribution in [0.5, 0.6) is 5.75 Å². The average molecular weight is 434 g/mol. The zero-order chi connectivity index (χ0) is 17.1. The molecule has 0 atom stereocenters. The smallest absolute Gasteiger partial charge is 0.250 e. The van der Waals surface area contributed by atoms with E-state index in [4.69, 9.17) is 4.43 Å². The van der Waals surface area contributed by atoms with Crippen molar-refractivity contribution in [3.8, 4) is 17.6 Å². The highest BCUT2D eigenvalue weighted by Gasteiger charge is 2.38. The van der Waals surface area contributed by atoms with Crippen LogP contribution in [0.3, 0.4) is 0 Å². The van der Waals surface area contributed by atoms with Gasteiger partial charge in [-0.25, -0.2) is 0 Å². The van der Waals surface area contributed by atoms with Crippen LogP contribution < -0.4 is 4.43 Å². The number of rotatable bonds is 2. The minimum Gasteiger partial charge on any atom is -0.544 e. The molecular weight excluding hydrogens is 411 g/mol. The largest absolute Gasteiger partial charge is 0.544 e. The van der Waals surface area contributed by atoms with E-state index in [-0.39, 0.29) is 5.04 Å². The van der Waals surface area contributed by atoms with Crippen LogP contribution in [-0.2, 0) is 0 Å². The third-order valence-corrected chi connectivity index (χ3v) is 9.31. The molecule has 2 aromatic rings. The first-order valence-corrected chi connectivity index (χ1v) is 11.7. The number of hydrogen-bond donors (Lipinski definition) is 0. The van der Waals surface area contributed by atoms with Gasteiger partial charge in [0, 0.05) is 14.7 Å². The van der Waals surface area contributed by atoms with Gasteiger partial charge in [-0.2, -0.15) is 0 Å². The third kappa shape index (κ3) is 5.12. The van der Waals surface area contributed by atoms with Crippen LogP contribution in [-0.4, -0.2) is 8.32 Å². The monoisotopic (exact) mass is 434 g/mol. The molecule has 0 saturated heterocycles. The standard InChI is InChI=1S/C20H23IOSi/c1-20(2,3)23(4,5)22-19-14-10-17(11-15-19)7-6-16-8-12-18(21)13-9-16/h8-15H,1-5H3. The van der Waals surface area contributed by atoms with Crippen LogP contribution in [0.2, 0.25) is 18.1 Å². The number of halogens is 1. The van der Waals surface area contributed by atoms with Gasteiger partial charge in [0.25, 0.3) is 0 Å². The quantitative estimate of drug-likeness (QED) is 0.317. The maximum absolute atomic E-state index is 6.29. The van der Waals surface area contributed by atoms with Gasteiger partial charge in [0.1, 0.15) is 5.75 Å². The van der Waals surface area contributed by atoms with Crippen molar-refractivity contribution in [2.75, 3.05) is 0 Å². The summed E-state index contributed by atoms with van der Waals surface area (Å²) in [7, 11) is -1.78. The second kappa shape index (κ2) is 7.10. The Morgan fingerprint density at radius 2 is 1.26 bits per heavy atom. The van der Waals surface area contributed by atoms with E-state index < -0.39 is 8.32 Å². The van der Waals surface area contributed by atoms with E-state index in [0.29, 0.717) is 0 Å². The third-order valence-electron chi connectivity index (χ3n) is 4.23. The first-order chi connectivity index (χ1) is 10.7. The zero-order valence-electron chi connectivity index (χ0n) is 14.4. The van der Waals surface area contributed by atoms with Crippen molar-refractivity contribution in [2.24, 2.45) is 0 Å². The van der Waals surface area contributed by atoms with Crippen LogP contribution >= 0.6 is 22.6 Å². The van der Waals surface area contributed by atoms with Crippen molar-refractivity contribution in [3.05, 3.63) is 63.2 Å². The van der Waals surface area contributed by atoms with Crippen molar-refractivity contribution in [1.82, 2.24) is 0 Å². The molecule has 0 unspecified atom stereocenters. The predicted octanol–water partition coefficient (Wildman–Crippen LogP) is 6.08. The molecule has 2 rings (SSSR count). The van der Waals surface area contributed by atoms with E-state index in [9.17, 15) is 0 Å². The molecule has 0 aromatic heterocycles. The molecular formula is C20H23IOSi. The molecule has 23 heavy (non-hydrogen) atoms. The minimum atomic E-state index is -1.78. The molecule has 0 bridgehead atoms. The molecule has 2 aromatic carbocycles. The van der Waals surface area contributed by atoms with Gasteiger partial charge in [-0.15, -0.1) is 0 Å². The fraction of sp³-hybridized carbons (Fsp3) is 0.300. The first kappa shape index (κ1) is 18.1. The fourth-order valence-corrected chi connectivity index (χ4v) is 3.12. The lowest BCUT2D eigenvalue weighted by atomic mass is 10.2. The molecule has 3 heteroatoms. The van der Waals surface area contributed by atoms with Crippen molar-refractivity contribution in [1.29, 1.82) is 0 Å². The lowest BCUT2D eigenvalue weighted by Crippen LogP contribution is -2.43. The normalized spacial score (nSPS) is 11.6. The molecule has 0 fully saturated rings. The summed E-state index contributed by atoms with van der Waals surface area (Å²) in [6.45, 7) is 11.3. The molecule has 0 aliphatic carbocycles. The van der Waals surface area contributed by atoms with Crippen LogP contribution in [0.4, 0.5) is 0 Å². The lowest BCUT2D eigenvalue weighted by Gasteiger charge is -2.36. The molecule has 0 N–H and O–H groups in total. The van der Waals surface area contributed by atoms with E-state index in [1.54, 1.807) is 0 Å². The van der Waals surface area contributed by atoms with Gasteiger partial charge >= 0.3 is 0 Å². The van der Waals surface area contributed by atoms with Gasteiger partial charge in [-0.05, 0) is 89.3 Å². The predicted molar refractivity (Wildman–Crippen MR) is 109 cm³/mol. The second-order valence-electron chi connectivity index (χ2n) is 7.14. The van der Waals surface area contributed by atoms with Crippen molar-refractivity contribution in [2.45, 2.75) is 38.9 Å². The van der Waals surface area contributed by atoms with Crippen LogP contribution in [0, 0.1) is 15.4 Å². The van der Waals surface area contributed by atoms with Gasteiger partial charge in [0.05, 0.1) is 0 Å². The minimum absolute atomic E-state index is 0.205. The molecule has 0 amide bonds. The van der Waals surface area contributed by atoms with Crippen molar-refractivity contribution >= 4 is 30.9 Å². The summed E-state index contributed by atoms with van der Waals surface area (Å²) in [5.74, 6) is 7.34. The average Bonchev–Trinajstić information content (AvgIpc) is 2.47. The molecule has 0 saturated carbocycles. The van der Waals surface area contributed by atoms with Gasteiger partial charge in [0.15, 0.2) is 0 Å². The van der Waals surface area contributed by atoms with E-state index >= 15 is 0 Å². The molecule has 1 nitrogen and oxygen atoms in total. The van der Waals surface area contributed by atoms with Gasteiger partial charge in [-0.3, -0.25) is 0 Å². The highest BCUT2D eigenvalue weighted by atomic mass is 127. The Bertz CT molecular complexity index is 713. The molecule has 120 valence electrons. The highest BCUT2D eigenvalue weighted by Crippen LogP contribution is 2.37. The Kier molecular flexibility index (Phi) is 5.59. The summed E-state index contributed by atoms with van der Waals surface area (Å²) in [6, 6.07) is 16.3. The Morgan fingerprint density at radius 3 is 1.70 bits per heavy atom. The van der Waals surface area contributed by atoms with Gasteiger partial charge < -0.3 is 4.43 Å². The molecule has 0 heterocycles. The summed E-state index contributed by atoms with van der Waals surface area (Å²) < 4.78 is 7.51. The topological polar surface area (TPSA) is 9.23 Å². The van der Waals surface area contributed by atoms with E-state index in [0.717, 1.165) is 16.9 Å². The van der Waals surface area contributed by atoms with Crippen LogP contribution in [0.15, 0.2) is 48.5 Å². The maximum atomic E-state index is 6.29. The number of benzene rings is 2. The molecule has 0 aliphatic heterocycles. The summed E-state index contributed by atoms with van der Waals surface area (Å²) in [4.78, 5) is 0. The SMILES string of the molecule is CC(C)(C)[Si](C)(C)Oc1ccc(C#Cc2ccc(I)cc2)cc1. The summed E-state index contributed by atoms with van der Waals surface area (Å²) >= 11 is 2.30. The van der Waals surface area contributed by atoms with Crippen LogP contribution in [0.25, 0.3) is 0 Å². The summed E-state index contributed by atoms with van der Waals surface area (Å²) in [6.07, 6.45) is 0.